The summed E-state index contributed by atoms with van der Waals surface area (Å²) in [6.07, 6.45) is 4.89. The van der Waals surface area contributed by atoms with Crippen molar-refractivity contribution >= 4 is 11.5 Å². The van der Waals surface area contributed by atoms with Crippen LogP contribution in [0.4, 0.5) is 0 Å². The Balaban J connectivity index is 2.29. The van der Waals surface area contributed by atoms with Gasteiger partial charge in [0, 0.05) is 23.3 Å². The highest BCUT2D eigenvalue weighted by molar-refractivity contribution is 7.03. The van der Waals surface area contributed by atoms with Gasteiger partial charge in [-0.25, -0.2) is 9.97 Å². The molecule has 0 aromatic carbocycles. The molecule has 0 spiro atoms. The Morgan fingerprint density at radius 2 is 2.08 bits per heavy atom. The monoisotopic (exact) mass is 192 g/mol. The predicted molar refractivity (Wildman–Crippen MR) is 50.2 cm³/mol. The van der Waals surface area contributed by atoms with Gasteiger partial charge in [0.2, 0.25) is 0 Å². The van der Waals surface area contributed by atoms with Crippen molar-refractivity contribution in [3.8, 4) is 0 Å². The molecule has 0 aliphatic carbocycles. The SMILES string of the molecule is NC(c1cncnc1)c1ccsn1. The molecule has 2 N–H and O–H groups in total. The maximum absolute atomic E-state index is 5.92. The summed E-state index contributed by atoms with van der Waals surface area (Å²) in [6.45, 7) is 0. The smallest absolute Gasteiger partial charge is 0.115 e. The van der Waals surface area contributed by atoms with Crippen LogP contribution in [0.2, 0.25) is 0 Å². The van der Waals surface area contributed by atoms with Crippen molar-refractivity contribution in [3.05, 3.63) is 41.4 Å². The minimum absolute atomic E-state index is 0.215. The summed E-state index contributed by atoms with van der Waals surface area (Å²) < 4.78 is 4.15. The van der Waals surface area contributed by atoms with Crippen LogP contribution < -0.4 is 5.73 Å². The van der Waals surface area contributed by atoms with E-state index in [9.17, 15) is 0 Å². The van der Waals surface area contributed by atoms with Crippen LogP contribution in [-0.2, 0) is 0 Å². The molecule has 0 saturated carbocycles. The highest BCUT2D eigenvalue weighted by Crippen LogP contribution is 2.16. The molecule has 1 unspecified atom stereocenters. The summed E-state index contributed by atoms with van der Waals surface area (Å²) in [5.41, 5.74) is 7.67. The minimum atomic E-state index is -0.215. The number of nitrogens with two attached hydrogens (primary N) is 1. The van der Waals surface area contributed by atoms with Crippen LogP contribution >= 0.6 is 11.5 Å². The molecular weight excluding hydrogens is 184 g/mol. The number of hydrogen-bond acceptors (Lipinski definition) is 5. The van der Waals surface area contributed by atoms with Gasteiger partial charge in [0.15, 0.2) is 0 Å². The zero-order chi connectivity index (χ0) is 9.10. The van der Waals surface area contributed by atoms with E-state index in [1.807, 2.05) is 11.4 Å². The number of aromatic nitrogens is 3. The van der Waals surface area contributed by atoms with Gasteiger partial charge in [-0.3, -0.25) is 0 Å². The normalized spacial score (nSPS) is 12.7. The molecule has 66 valence electrons. The molecule has 0 bridgehead atoms. The first-order chi connectivity index (χ1) is 6.38. The molecule has 0 aliphatic rings. The Morgan fingerprint density at radius 3 is 2.69 bits per heavy atom. The molecule has 1 atom stereocenters. The lowest BCUT2D eigenvalue weighted by Crippen LogP contribution is -2.12. The van der Waals surface area contributed by atoms with E-state index in [1.165, 1.54) is 17.9 Å². The Labute approximate surface area is 79.6 Å². The third kappa shape index (κ3) is 1.71. The second-order valence-electron chi connectivity index (χ2n) is 2.57. The predicted octanol–water partition coefficient (Wildman–Crippen LogP) is 0.981. The topological polar surface area (TPSA) is 64.7 Å². The van der Waals surface area contributed by atoms with Gasteiger partial charge in [-0.15, -0.1) is 0 Å². The molecule has 5 heteroatoms. The summed E-state index contributed by atoms with van der Waals surface area (Å²) in [6, 6.07) is 1.69. The maximum Gasteiger partial charge on any atom is 0.115 e. The molecule has 13 heavy (non-hydrogen) atoms. The second kappa shape index (κ2) is 3.59. The first kappa shape index (κ1) is 8.28. The van der Waals surface area contributed by atoms with Crippen LogP contribution in [0.1, 0.15) is 17.3 Å². The molecular formula is C8H8N4S. The molecule has 0 amide bonds. The zero-order valence-electron chi connectivity index (χ0n) is 6.79. The van der Waals surface area contributed by atoms with Gasteiger partial charge in [0.05, 0.1) is 11.7 Å². The van der Waals surface area contributed by atoms with E-state index in [2.05, 4.69) is 14.3 Å². The van der Waals surface area contributed by atoms with Gasteiger partial charge in [0.25, 0.3) is 0 Å². The zero-order valence-corrected chi connectivity index (χ0v) is 7.61. The highest BCUT2D eigenvalue weighted by atomic mass is 32.1. The Kier molecular flexibility index (Phi) is 2.29. The van der Waals surface area contributed by atoms with Crippen LogP contribution in [0.25, 0.3) is 0 Å². The van der Waals surface area contributed by atoms with Gasteiger partial charge in [-0.1, -0.05) is 0 Å². The quantitative estimate of drug-likeness (QED) is 0.770. The van der Waals surface area contributed by atoms with E-state index in [-0.39, 0.29) is 6.04 Å². The van der Waals surface area contributed by atoms with E-state index in [4.69, 9.17) is 5.73 Å². The summed E-state index contributed by atoms with van der Waals surface area (Å²) in [4.78, 5) is 7.80. The van der Waals surface area contributed by atoms with E-state index >= 15 is 0 Å². The molecule has 2 aromatic rings. The fourth-order valence-corrected chi connectivity index (χ4v) is 1.58. The van der Waals surface area contributed by atoms with Crippen molar-refractivity contribution in [1.82, 2.24) is 14.3 Å². The largest absolute Gasteiger partial charge is 0.319 e. The van der Waals surface area contributed by atoms with Gasteiger partial charge >= 0.3 is 0 Å². The van der Waals surface area contributed by atoms with E-state index < -0.39 is 0 Å². The van der Waals surface area contributed by atoms with Crippen LogP contribution in [0, 0.1) is 0 Å². The average molecular weight is 192 g/mol. The molecule has 0 saturated heterocycles. The number of rotatable bonds is 2. The van der Waals surface area contributed by atoms with E-state index in [1.54, 1.807) is 12.4 Å². The Bertz CT molecular complexity index is 359. The Hall–Kier alpha value is -1.33. The average Bonchev–Trinajstić information content (AvgIpc) is 2.71. The molecule has 0 fully saturated rings. The fourth-order valence-electron chi connectivity index (χ4n) is 1.02. The van der Waals surface area contributed by atoms with Gasteiger partial charge in [-0.2, -0.15) is 4.37 Å². The maximum atomic E-state index is 5.92. The summed E-state index contributed by atoms with van der Waals surface area (Å²) >= 11 is 1.39. The molecule has 2 heterocycles. The summed E-state index contributed by atoms with van der Waals surface area (Å²) in [5, 5.41) is 1.90. The lowest BCUT2D eigenvalue weighted by Gasteiger charge is -2.06. The lowest BCUT2D eigenvalue weighted by molar-refractivity contribution is 0.829. The molecule has 0 radical (unpaired) electrons. The first-order valence-electron chi connectivity index (χ1n) is 3.78. The van der Waals surface area contributed by atoms with Crippen LogP contribution in [0.15, 0.2) is 30.2 Å². The number of hydrogen-bond donors (Lipinski definition) is 1. The van der Waals surface area contributed by atoms with Crippen molar-refractivity contribution in [2.45, 2.75) is 6.04 Å². The standard InChI is InChI=1S/C8H8N4S/c9-8(7-1-2-13-12-7)6-3-10-5-11-4-6/h1-5,8H,9H2. The third-order valence-corrected chi connectivity index (χ3v) is 2.29. The van der Waals surface area contributed by atoms with E-state index in [0.717, 1.165) is 11.3 Å². The van der Waals surface area contributed by atoms with Gasteiger partial charge < -0.3 is 5.73 Å². The third-order valence-electron chi connectivity index (χ3n) is 1.72. The Morgan fingerprint density at radius 1 is 1.31 bits per heavy atom. The molecule has 4 nitrogen and oxygen atoms in total. The van der Waals surface area contributed by atoms with Crippen LogP contribution in [0.3, 0.4) is 0 Å². The van der Waals surface area contributed by atoms with Crippen molar-refractivity contribution in [2.24, 2.45) is 5.73 Å². The first-order valence-corrected chi connectivity index (χ1v) is 4.62. The van der Waals surface area contributed by atoms with Crippen molar-refractivity contribution < 1.29 is 0 Å². The minimum Gasteiger partial charge on any atom is -0.319 e. The van der Waals surface area contributed by atoms with Crippen LogP contribution in [-0.4, -0.2) is 14.3 Å². The van der Waals surface area contributed by atoms with E-state index in [0.29, 0.717) is 0 Å². The summed E-state index contributed by atoms with van der Waals surface area (Å²) in [5.74, 6) is 0. The summed E-state index contributed by atoms with van der Waals surface area (Å²) in [7, 11) is 0. The lowest BCUT2D eigenvalue weighted by atomic mass is 10.1. The fraction of sp³-hybridized carbons (Fsp3) is 0.125. The van der Waals surface area contributed by atoms with Crippen molar-refractivity contribution in [2.75, 3.05) is 0 Å². The molecule has 0 aliphatic heterocycles. The van der Waals surface area contributed by atoms with Gasteiger partial charge in [-0.05, 0) is 17.6 Å². The van der Waals surface area contributed by atoms with Gasteiger partial charge in [0.1, 0.15) is 6.33 Å². The van der Waals surface area contributed by atoms with Crippen LogP contribution in [0.5, 0.6) is 0 Å². The highest BCUT2D eigenvalue weighted by Gasteiger charge is 2.10. The number of nitrogens with zero attached hydrogens (tertiary/aromatic N) is 3. The van der Waals surface area contributed by atoms with Crippen molar-refractivity contribution in [1.29, 1.82) is 0 Å². The second-order valence-corrected chi connectivity index (χ2v) is 3.24. The van der Waals surface area contributed by atoms with Crippen molar-refractivity contribution in [3.63, 3.8) is 0 Å². The molecule has 2 rings (SSSR count). The molecule has 2 aromatic heterocycles.